The zero-order valence-electron chi connectivity index (χ0n) is 28.9. The van der Waals surface area contributed by atoms with Crippen LogP contribution in [0.4, 0.5) is 0 Å². The van der Waals surface area contributed by atoms with Crippen LogP contribution in [-0.4, -0.2) is 41.3 Å². The van der Waals surface area contributed by atoms with Gasteiger partial charge in [-0.15, -0.1) is 0 Å². The van der Waals surface area contributed by atoms with Gasteiger partial charge in [-0.05, 0) is 76.8 Å². The van der Waals surface area contributed by atoms with Gasteiger partial charge in [-0.25, -0.2) is 9.88 Å². The topological polar surface area (TPSA) is 124 Å². The molecule has 1 aliphatic heterocycles. The number of carbonyl (C=O) groups excluding carboxylic acids is 1. The summed E-state index contributed by atoms with van der Waals surface area (Å²) >= 11 is 0. The van der Waals surface area contributed by atoms with Crippen molar-refractivity contribution in [2.75, 3.05) is 19.7 Å². The minimum absolute atomic E-state index is 0.0153. The van der Waals surface area contributed by atoms with Gasteiger partial charge in [0.2, 0.25) is 5.91 Å². The zero-order valence-corrected chi connectivity index (χ0v) is 29.8. The molecule has 1 aliphatic rings. The molecule has 3 N–H and O–H groups in total. The van der Waals surface area contributed by atoms with Crippen LogP contribution in [0.25, 0.3) is 0 Å². The van der Waals surface area contributed by atoms with Crippen LogP contribution >= 0.6 is 8.53 Å². The van der Waals surface area contributed by atoms with Crippen LogP contribution in [0.15, 0.2) is 107 Å². The number of allylic oxidation sites excluding steroid dienone is 10. The SMILES string of the molecule is CC/C=C\C/C=C\C/C=C\C/C=C\C/C=C\CCCC(=O)NCCNP(OCC1CCC(n2cc(C)c(=O)[nH]c2=O)O1)Oc1ccccc1. The number of nitrogens with zero attached hydrogens (tertiary/aromatic N) is 1. The van der Waals surface area contributed by atoms with E-state index in [-0.39, 0.29) is 18.6 Å². The molecule has 0 spiro atoms. The molecule has 0 saturated carbocycles. The number of ether oxygens (including phenoxy) is 1. The van der Waals surface area contributed by atoms with Crippen molar-refractivity contribution in [3.8, 4) is 5.75 Å². The van der Waals surface area contributed by atoms with Crippen LogP contribution in [0, 0.1) is 6.92 Å². The number of nitrogens with one attached hydrogen (secondary N) is 3. The van der Waals surface area contributed by atoms with E-state index in [9.17, 15) is 14.4 Å². The molecular weight excluding hydrogens is 639 g/mol. The molecule has 1 amide bonds. The molecule has 0 radical (unpaired) electrons. The molecule has 266 valence electrons. The summed E-state index contributed by atoms with van der Waals surface area (Å²) in [6, 6.07) is 9.39. The highest BCUT2D eigenvalue weighted by atomic mass is 31.2. The van der Waals surface area contributed by atoms with Crippen LogP contribution in [0.2, 0.25) is 0 Å². The third-order valence-corrected chi connectivity index (χ3v) is 8.71. The third-order valence-electron chi connectivity index (χ3n) is 7.47. The summed E-state index contributed by atoms with van der Waals surface area (Å²) in [5, 5.41) is 6.23. The van der Waals surface area contributed by atoms with E-state index < -0.39 is 26.0 Å². The predicted molar refractivity (Wildman–Crippen MR) is 198 cm³/mol. The van der Waals surface area contributed by atoms with Crippen molar-refractivity contribution >= 4 is 14.4 Å². The molecule has 11 heteroatoms. The predicted octanol–water partition coefficient (Wildman–Crippen LogP) is 7.47. The van der Waals surface area contributed by atoms with E-state index in [1.807, 2.05) is 30.3 Å². The van der Waals surface area contributed by atoms with Gasteiger partial charge < -0.3 is 19.1 Å². The molecule has 3 atom stereocenters. The number of benzene rings is 1. The summed E-state index contributed by atoms with van der Waals surface area (Å²) in [6.07, 6.45) is 31.0. The molecule has 2 heterocycles. The smallest absolute Gasteiger partial charge is 0.330 e. The Balaban J connectivity index is 1.28. The van der Waals surface area contributed by atoms with Gasteiger partial charge in [-0.1, -0.05) is 85.9 Å². The van der Waals surface area contributed by atoms with Crippen LogP contribution in [0.3, 0.4) is 0 Å². The summed E-state index contributed by atoms with van der Waals surface area (Å²) in [7, 11) is -1.52. The molecule has 1 aromatic heterocycles. The van der Waals surface area contributed by atoms with Crippen molar-refractivity contribution in [1.29, 1.82) is 0 Å². The maximum atomic E-state index is 12.3. The van der Waals surface area contributed by atoms with Gasteiger partial charge in [-0.3, -0.25) is 19.1 Å². The Hall–Kier alpha value is -3.82. The van der Waals surface area contributed by atoms with Crippen molar-refractivity contribution in [1.82, 2.24) is 20.0 Å². The van der Waals surface area contributed by atoms with E-state index in [4.69, 9.17) is 13.8 Å². The average molecular weight is 693 g/mol. The van der Waals surface area contributed by atoms with Gasteiger partial charge in [0.15, 0.2) is 0 Å². The van der Waals surface area contributed by atoms with Gasteiger partial charge in [-0.2, -0.15) is 0 Å². The maximum absolute atomic E-state index is 12.3. The standard InChI is InChI=1S/C38H53N4O6P/c1-3-4-5-6-7-8-9-10-11-12-13-14-15-16-17-18-22-25-35(43)39-28-29-40-49(48-33-23-20-19-21-24-33)46-31-34-26-27-36(47-34)42-30-32(2)37(44)41-38(42)45/h4-5,7-8,10-11,13-14,16-17,19-21,23-24,30,34,36,40H,3,6,9,12,15,18,22,25-29,31H2,1-2H3,(H,39,43)(H,41,44,45)/b5-4-,8-7-,11-10-,14-13-,17-16-. The fourth-order valence-corrected chi connectivity index (χ4v) is 5.95. The molecule has 3 unspecified atom stereocenters. The summed E-state index contributed by atoms with van der Waals surface area (Å²) in [5.41, 5.74) is -0.439. The lowest BCUT2D eigenvalue weighted by molar-refractivity contribution is -0.121. The van der Waals surface area contributed by atoms with Crippen LogP contribution in [0.5, 0.6) is 5.75 Å². The van der Waals surface area contributed by atoms with Crippen molar-refractivity contribution in [2.45, 2.75) is 90.4 Å². The van der Waals surface area contributed by atoms with Crippen molar-refractivity contribution < 1.29 is 18.6 Å². The largest absolute Gasteiger partial charge is 0.436 e. The lowest BCUT2D eigenvalue weighted by atomic mass is 10.2. The minimum Gasteiger partial charge on any atom is -0.436 e. The number of carbonyl (C=O) groups is 1. The Morgan fingerprint density at radius 3 is 2.27 bits per heavy atom. The quantitative estimate of drug-likeness (QED) is 0.0627. The van der Waals surface area contributed by atoms with Gasteiger partial charge in [0.05, 0.1) is 12.7 Å². The molecular formula is C38H53N4O6P. The Morgan fingerprint density at radius 1 is 0.939 bits per heavy atom. The number of hydrogen-bond acceptors (Lipinski definition) is 7. The monoisotopic (exact) mass is 692 g/mol. The number of unbranched alkanes of at least 4 members (excludes halogenated alkanes) is 1. The minimum atomic E-state index is -1.52. The lowest BCUT2D eigenvalue weighted by Gasteiger charge is -2.21. The summed E-state index contributed by atoms with van der Waals surface area (Å²) in [5.74, 6) is 0.683. The van der Waals surface area contributed by atoms with Gasteiger partial charge in [0, 0.05) is 31.3 Å². The van der Waals surface area contributed by atoms with Crippen LogP contribution in [-0.2, 0) is 14.1 Å². The first-order valence-corrected chi connectivity index (χ1v) is 18.5. The zero-order chi connectivity index (χ0) is 34.9. The van der Waals surface area contributed by atoms with Gasteiger partial charge >= 0.3 is 14.2 Å². The molecule has 1 fully saturated rings. The second kappa shape index (κ2) is 24.3. The fourth-order valence-electron chi connectivity index (χ4n) is 4.83. The van der Waals surface area contributed by atoms with Gasteiger partial charge in [0.25, 0.3) is 5.56 Å². The summed E-state index contributed by atoms with van der Waals surface area (Å²) in [6.45, 7) is 4.98. The maximum Gasteiger partial charge on any atom is 0.330 e. The molecule has 0 bridgehead atoms. The Morgan fingerprint density at radius 2 is 1.59 bits per heavy atom. The normalized spacial score (nSPS) is 17.3. The number of rotatable bonds is 23. The molecule has 1 saturated heterocycles. The second-order valence-corrected chi connectivity index (χ2v) is 12.9. The Bertz CT molecular complexity index is 1500. The first-order valence-electron chi connectivity index (χ1n) is 17.3. The van der Waals surface area contributed by atoms with E-state index in [2.05, 4.69) is 83.1 Å². The van der Waals surface area contributed by atoms with Gasteiger partial charge in [0.1, 0.15) is 12.0 Å². The summed E-state index contributed by atoms with van der Waals surface area (Å²) in [4.78, 5) is 38.7. The van der Waals surface area contributed by atoms with E-state index in [1.165, 1.54) is 10.8 Å². The number of aromatic nitrogens is 2. The molecule has 1 aromatic carbocycles. The number of aryl methyl sites for hydroxylation is 1. The molecule has 0 aliphatic carbocycles. The first kappa shape index (κ1) is 39.6. The number of para-hydroxylation sites is 1. The number of hydrogen-bond donors (Lipinski definition) is 3. The first-order chi connectivity index (χ1) is 24.0. The summed E-state index contributed by atoms with van der Waals surface area (Å²) < 4.78 is 19.6. The highest BCUT2D eigenvalue weighted by Gasteiger charge is 2.29. The molecule has 2 aromatic rings. The highest BCUT2D eigenvalue weighted by molar-refractivity contribution is 7.45. The van der Waals surface area contributed by atoms with E-state index in [0.29, 0.717) is 43.7 Å². The average Bonchev–Trinajstić information content (AvgIpc) is 3.57. The van der Waals surface area contributed by atoms with Crippen molar-refractivity contribution in [2.24, 2.45) is 0 Å². The fraction of sp³-hybridized carbons (Fsp3) is 0.447. The second-order valence-electron chi connectivity index (χ2n) is 11.6. The number of H-pyrrole nitrogens is 1. The van der Waals surface area contributed by atoms with E-state index in [1.54, 1.807) is 6.92 Å². The number of aromatic amines is 1. The van der Waals surface area contributed by atoms with E-state index >= 15 is 0 Å². The van der Waals surface area contributed by atoms with Crippen LogP contribution in [0.1, 0.15) is 82.9 Å². The Labute approximate surface area is 292 Å². The van der Waals surface area contributed by atoms with Crippen LogP contribution < -0.4 is 26.2 Å². The van der Waals surface area contributed by atoms with E-state index in [0.717, 1.165) is 44.9 Å². The lowest BCUT2D eigenvalue weighted by Crippen LogP contribution is -2.33. The molecule has 49 heavy (non-hydrogen) atoms. The number of amides is 1. The molecule has 3 rings (SSSR count). The Kier molecular flexibility index (Phi) is 19.7. The third kappa shape index (κ3) is 16.9. The highest BCUT2D eigenvalue weighted by Crippen LogP contribution is 2.37. The van der Waals surface area contributed by atoms with Crippen molar-refractivity contribution in [3.63, 3.8) is 0 Å². The molecule has 10 nitrogen and oxygen atoms in total. The van der Waals surface area contributed by atoms with Crippen molar-refractivity contribution in [3.05, 3.63) is 124 Å².